The second kappa shape index (κ2) is 6.03. The highest BCUT2D eigenvalue weighted by molar-refractivity contribution is 4.43. The molecule has 8 heteroatoms. The largest absolute Gasteiger partial charge is 0.317 e. The van der Waals surface area contributed by atoms with Gasteiger partial charge < -0.3 is 9.47 Å². The number of rotatable bonds is 6. The topological polar surface area (TPSA) is 18.5 Å². The fourth-order valence-electron chi connectivity index (χ4n) is 0.315. The molecule has 0 radical (unpaired) electrons. The summed E-state index contributed by atoms with van der Waals surface area (Å²) in [7, 11) is 0. The average Bonchev–Trinajstić information content (AvgIpc) is 2.03. The van der Waals surface area contributed by atoms with Crippen molar-refractivity contribution in [2.45, 2.75) is 25.6 Å². The maximum atomic E-state index is 11.8. The Labute approximate surface area is 69.4 Å². The maximum absolute atomic E-state index is 11.8. The van der Waals surface area contributed by atoms with Crippen LogP contribution in [0, 0.1) is 0 Å². The molecule has 0 fully saturated rings. The first kappa shape index (κ1) is 12.5. The molecule has 80 valence electrons. The summed E-state index contributed by atoms with van der Waals surface area (Å²) in [5.41, 5.74) is 0. The zero-order chi connectivity index (χ0) is 10.4. The van der Waals surface area contributed by atoms with Gasteiger partial charge in [0.25, 0.3) is 25.6 Å². The van der Waals surface area contributed by atoms with Gasteiger partial charge in [-0.25, -0.2) is 26.3 Å². The predicted octanol–water partition coefficient (Wildman–Crippen LogP) is 2.10. The quantitative estimate of drug-likeness (QED) is 0.495. The van der Waals surface area contributed by atoms with Gasteiger partial charge in [0.2, 0.25) is 0 Å². The van der Waals surface area contributed by atoms with Crippen molar-refractivity contribution in [1.82, 2.24) is 0 Å². The lowest BCUT2D eigenvalue weighted by molar-refractivity contribution is -0.233. The van der Waals surface area contributed by atoms with Crippen LogP contribution >= 0.6 is 0 Å². The second-order valence-corrected chi connectivity index (χ2v) is 1.82. The van der Waals surface area contributed by atoms with Crippen LogP contribution in [0.25, 0.3) is 0 Å². The summed E-state index contributed by atoms with van der Waals surface area (Å²) in [6.07, 6.45) is -12.8. The summed E-state index contributed by atoms with van der Waals surface area (Å²) >= 11 is 0. The molecule has 2 unspecified atom stereocenters. The third-order valence-corrected chi connectivity index (χ3v) is 0.851. The second-order valence-electron chi connectivity index (χ2n) is 1.82. The van der Waals surface area contributed by atoms with E-state index in [-0.39, 0.29) is 0 Å². The zero-order valence-corrected chi connectivity index (χ0v) is 6.10. The van der Waals surface area contributed by atoms with Gasteiger partial charge in [-0.05, 0) is 0 Å². The summed E-state index contributed by atoms with van der Waals surface area (Å²) in [6.45, 7) is -1.29. The molecule has 0 aromatic heterocycles. The van der Waals surface area contributed by atoms with Crippen molar-refractivity contribution >= 4 is 0 Å². The van der Waals surface area contributed by atoms with Gasteiger partial charge in [0.1, 0.15) is 0 Å². The summed E-state index contributed by atoms with van der Waals surface area (Å²) < 4.78 is 75.9. The van der Waals surface area contributed by atoms with Crippen molar-refractivity contribution in [3.05, 3.63) is 0 Å². The molecule has 0 aromatic carbocycles. The first-order chi connectivity index (χ1) is 5.95. The monoisotopic (exact) mass is 212 g/mol. The van der Waals surface area contributed by atoms with Crippen LogP contribution < -0.4 is 0 Å². The minimum atomic E-state index is -3.42. The van der Waals surface area contributed by atoms with E-state index in [9.17, 15) is 26.3 Å². The SMILES string of the molecule is FC(F)C(F)OCOC(F)C(F)F. The third-order valence-electron chi connectivity index (χ3n) is 0.851. The fourth-order valence-corrected chi connectivity index (χ4v) is 0.315. The molecule has 13 heavy (non-hydrogen) atoms. The Morgan fingerprint density at radius 1 is 0.692 bits per heavy atom. The number of ether oxygens (including phenoxy) is 2. The molecule has 2 atom stereocenters. The van der Waals surface area contributed by atoms with E-state index in [1.807, 2.05) is 0 Å². The molecule has 0 N–H and O–H groups in total. The molecular weight excluding hydrogens is 206 g/mol. The van der Waals surface area contributed by atoms with Gasteiger partial charge in [0, 0.05) is 0 Å². The van der Waals surface area contributed by atoms with Crippen LogP contribution in [0.3, 0.4) is 0 Å². The molecule has 0 saturated heterocycles. The van der Waals surface area contributed by atoms with Gasteiger partial charge in [-0.15, -0.1) is 0 Å². The minimum absolute atomic E-state index is 1.29. The van der Waals surface area contributed by atoms with Gasteiger partial charge in [0.15, 0.2) is 6.79 Å². The zero-order valence-electron chi connectivity index (χ0n) is 6.10. The van der Waals surface area contributed by atoms with Crippen LogP contribution in [0.1, 0.15) is 0 Å². The van der Waals surface area contributed by atoms with Crippen LogP contribution in [0.2, 0.25) is 0 Å². The lowest BCUT2D eigenvalue weighted by Crippen LogP contribution is -2.23. The van der Waals surface area contributed by atoms with E-state index in [1.165, 1.54) is 0 Å². The maximum Gasteiger partial charge on any atom is 0.293 e. The van der Waals surface area contributed by atoms with Crippen LogP contribution in [-0.2, 0) is 9.47 Å². The Bertz CT molecular complexity index is 118. The Morgan fingerprint density at radius 3 is 1.23 bits per heavy atom. The summed E-state index contributed by atoms with van der Waals surface area (Å²) in [6, 6.07) is 0. The summed E-state index contributed by atoms with van der Waals surface area (Å²) in [5.74, 6) is 0. The van der Waals surface area contributed by atoms with E-state index in [0.29, 0.717) is 0 Å². The molecule has 0 bridgehead atoms. The number of alkyl halides is 6. The van der Waals surface area contributed by atoms with Crippen molar-refractivity contribution in [2.24, 2.45) is 0 Å². The standard InChI is InChI=1S/C5H6F6O2/c6-2(7)4(10)12-1-13-5(11)3(8)9/h2-5H,1H2. The van der Waals surface area contributed by atoms with Crippen molar-refractivity contribution < 1.29 is 35.8 Å². The average molecular weight is 212 g/mol. The van der Waals surface area contributed by atoms with Gasteiger partial charge >= 0.3 is 0 Å². The lowest BCUT2D eigenvalue weighted by Gasteiger charge is -2.11. The van der Waals surface area contributed by atoms with E-state index >= 15 is 0 Å². The molecule has 0 aliphatic carbocycles. The van der Waals surface area contributed by atoms with Crippen LogP contribution in [0.5, 0.6) is 0 Å². The highest BCUT2D eigenvalue weighted by Crippen LogP contribution is 2.10. The van der Waals surface area contributed by atoms with E-state index in [0.717, 1.165) is 0 Å². The molecule has 0 heterocycles. The molecule has 0 saturated carbocycles. The fraction of sp³-hybridized carbons (Fsp3) is 1.00. The lowest BCUT2D eigenvalue weighted by atomic mass is 10.7. The van der Waals surface area contributed by atoms with E-state index in [4.69, 9.17) is 0 Å². The van der Waals surface area contributed by atoms with Crippen molar-refractivity contribution in [2.75, 3.05) is 6.79 Å². The number of hydrogen-bond donors (Lipinski definition) is 0. The van der Waals surface area contributed by atoms with Crippen molar-refractivity contribution in [3.63, 3.8) is 0 Å². The third kappa shape index (κ3) is 5.69. The van der Waals surface area contributed by atoms with Crippen LogP contribution in [-0.4, -0.2) is 32.4 Å². The Kier molecular flexibility index (Phi) is 5.80. The number of hydrogen-bond acceptors (Lipinski definition) is 2. The van der Waals surface area contributed by atoms with Gasteiger partial charge in [0.05, 0.1) is 0 Å². The Hall–Kier alpha value is -0.500. The first-order valence-electron chi connectivity index (χ1n) is 3.02. The molecule has 0 rings (SSSR count). The predicted molar refractivity (Wildman–Crippen MR) is 28.8 cm³/mol. The molecule has 0 aliphatic rings. The molecule has 0 aliphatic heterocycles. The smallest absolute Gasteiger partial charge is 0.293 e. The Balaban J connectivity index is 3.45. The summed E-state index contributed by atoms with van der Waals surface area (Å²) in [4.78, 5) is 0. The van der Waals surface area contributed by atoms with Crippen molar-refractivity contribution in [3.8, 4) is 0 Å². The van der Waals surface area contributed by atoms with Crippen LogP contribution in [0.15, 0.2) is 0 Å². The van der Waals surface area contributed by atoms with Crippen LogP contribution in [0.4, 0.5) is 26.3 Å². The van der Waals surface area contributed by atoms with E-state index in [1.54, 1.807) is 0 Å². The van der Waals surface area contributed by atoms with Gasteiger partial charge in [-0.2, -0.15) is 0 Å². The van der Waals surface area contributed by atoms with E-state index < -0.39 is 32.4 Å². The summed E-state index contributed by atoms with van der Waals surface area (Å²) in [5, 5.41) is 0. The molecule has 0 amide bonds. The van der Waals surface area contributed by atoms with Gasteiger partial charge in [-0.3, -0.25) is 0 Å². The molecule has 2 nitrogen and oxygen atoms in total. The molecular formula is C5H6F6O2. The van der Waals surface area contributed by atoms with E-state index in [2.05, 4.69) is 9.47 Å². The molecule has 0 aromatic rings. The van der Waals surface area contributed by atoms with Gasteiger partial charge in [-0.1, -0.05) is 0 Å². The molecule has 0 spiro atoms. The Morgan fingerprint density at radius 2 is 1.00 bits per heavy atom. The highest BCUT2D eigenvalue weighted by Gasteiger charge is 2.23. The van der Waals surface area contributed by atoms with Crippen molar-refractivity contribution in [1.29, 1.82) is 0 Å². The highest BCUT2D eigenvalue weighted by atomic mass is 19.3. The normalized spacial score (nSPS) is 16.6. The first-order valence-corrected chi connectivity index (χ1v) is 3.02. The number of halogens is 6. The minimum Gasteiger partial charge on any atom is -0.317 e.